The average Bonchev–Trinajstić information content (AvgIpc) is 2.17. The molecule has 2 rings (SSSR count). The first-order valence-electron chi connectivity index (χ1n) is 5.03. The molecule has 0 spiro atoms. The van der Waals surface area contributed by atoms with E-state index < -0.39 is 11.2 Å². The van der Waals surface area contributed by atoms with Gasteiger partial charge in [-0.3, -0.25) is 9.78 Å². The zero-order valence-corrected chi connectivity index (χ0v) is 8.37. The largest absolute Gasteiger partial charge is 0.329 e. The van der Waals surface area contributed by atoms with E-state index in [2.05, 4.69) is 4.98 Å². The number of hydrogen-bond donors (Lipinski definition) is 1. The number of nitrogens with two attached hydrogens (primary N) is 1. The molecule has 1 fully saturated rings. The Bertz CT molecular complexity index is 382. The van der Waals surface area contributed by atoms with Crippen molar-refractivity contribution < 1.29 is 9.18 Å². The summed E-state index contributed by atoms with van der Waals surface area (Å²) in [5.41, 5.74) is 5.49. The molecule has 0 unspecified atom stereocenters. The van der Waals surface area contributed by atoms with Gasteiger partial charge in [0, 0.05) is 23.7 Å². The molecular formula is C11H13FN2O. The van der Waals surface area contributed by atoms with Gasteiger partial charge < -0.3 is 5.73 Å². The molecule has 4 heteroatoms. The molecule has 3 nitrogen and oxygen atoms in total. The quantitative estimate of drug-likeness (QED) is 0.766. The van der Waals surface area contributed by atoms with Crippen LogP contribution in [0.5, 0.6) is 0 Å². The van der Waals surface area contributed by atoms with Gasteiger partial charge in [0.05, 0.1) is 6.20 Å². The summed E-state index contributed by atoms with van der Waals surface area (Å²) in [5, 5.41) is 0. The van der Waals surface area contributed by atoms with Crippen molar-refractivity contribution in [2.75, 3.05) is 6.54 Å². The van der Waals surface area contributed by atoms with Gasteiger partial charge in [-0.05, 0) is 18.9 Å². The number of pyridine rings is 1. The maximum Gasteiger partial charge on any atom is 0.171 e. The summed E-state index contributed by atoms with van der Waals surface area (Å²) in [6.07, 6.45) is 5.12. The third-order valence-electron chi connectivity index (χ3n) is 3.15. The number of carbonyl (C=O) groups is 1. The molecule has 0 radical (unpaired) electrons. The number of rotatable bonds is 3. The summed E-state index contributed by atoms with van der Waals surface area (Å²) in [4.78, 5) is 15.7. The Morgan fingerprint density at radius 3 is 2.73 bits per heavy atom. The van der Waals surface area contributed by atoms with E-state index in [-0.39, 0.29) is 5.78 Å². The van der Waals surface area contributed by atoms with Crippen molar-refractivity contribution >= 4 is 5.78 Å². The molecule has 1 aliphatic rings. The summed E-state index contributed by atoms with van der Waals surface area (Å²) in [7, 11) is 0. The van der Waals surface area contributed by atoms with Gasteiger partial charge in [-0.2, -0.15) is 0 Å². The molecule has 1 saturated carbocycles. The predicted octanol–water partition coefficient (Wildman–Crippen LogP) is 1.53. The Balaban J connectivity index is 2.27. The van der Waals surface area contributed by atoms with Crippen LogP contribution < -0.4 is 5.73 Å². The number of Topliss-reactive ketones (excluding diaryl/α,β-unsaturated/α-hetero) is 1. The van der Waals surface area contributed by atoms with Crippen LogP contribution in [0.2, 0.25) is 0 Å². The van der Waals surface area contributed by atoms with Crippen molar-refractivity contribution in [1.82, 2.24) is 4.98 Å². The lowest BCUT2D eigenvalue weighted by Gasteiger charge is -2.39. The normalized spacial score (nSPS) is 18.3. The van der Waals surface area contributed by atoms with Crippen LogP contribution >= 0.6 is 0 Å². The third kappa shape index (κ3) is 1.65. The molecule has 0 bridgehead atoms. The second-order valence-corrected chi connectivity index (χ2v) is 4.06. The van der Waals surface area contributed by atoms with Crippen molar-refractivity contribution in [3.8, 4) is 0 Å². The molecule has 0 aromatic carbocycles. The van der Waals surface area contributed by atoms with E-state index in [4.69, 9.17) is 5.73 Å². The first-order chi connectivity index (χ1) is 7.18. The van der Waals surface area contributed by atoms with Crippen LogP contribution in [-0.2, 0) is 0 Å². The van der Waals surface area contributed by atoms with Gasteiger partial charge in [-0.15, -0.1) is 0 Å². The smallest absolute Gasteiger partial charge is 0.171 e. The fraction of sp³-hybridized carbons (Fsp3) is 0.455. The first-order valence-corrected chi connectivity index (χ1v) is 5.03. The van der Waals surface area contributed by atoms with Crippen molar-refractivity contribution in [2.24, 2.45) is 11.1 Å². The topological polar surface area (TPSA) is 56.0 Å². The predicted molar refractivity (Wildman–Crippen MR) is 53.9 cm³/mol. The van der Waals surface area contributed by atoms with Crippen molar-refractivity contribution in [1.29, 1.82) is 0 Å². The third-order valence-corrected chi connectivity index (χ3v) is 3.15. The highest BCUT2D eigenvalue weighted by atomic mass is 19.1. The van der Waals surface area contributed by atoms with E-state index in [9.17, 15) is 9.18 Å². The van der Waals surface area contributed by atoms with E-state index in [0.29, 0.717) is 12.1 Å². The number of aromatic nitrogens is 1. The van der Waals surface area contributed by atoms with E-state index in [0.717, 1.165) is 25.5 Å². The molecule has 1 aliphatic carbocycles. The first kappa shape index (κ1) is 10.2. The summed E-state index contributed by atoms with van der Waals surface area (Å²) in [6, 6.07) is 1.23. The van der Waals surface area contributed by atoms with Crippen LogP contribution in [0.3, 0.4) is 0 Å². The summed E-state index contributed by atoms with van der Waals surface area (Å²) < 4.78 is 12.9. The molecular weight excluding hydrogens is 195 g/mol. The molecule has 2 N–H and O–H groups in total. The highest BCUT2D eigenvalue weighted by Gasteiger charge is 2.43. The van der Waals surface area contributed by atoms with Gasteiger partial charge in [0.15, 0.2) is 5.78 Å². The molecule has 0 amide bonds. The van der Waals surface area contributed by atoms with E-state index in [1.54, 1.807) is 0 Å². The number of ketones is 1. The van der Waals surface area contributed by atoms with Crippen LogP contribution in [-0.4, -0.2) is 17.3 Å². The van der Waals surface area contributed by atoms with Crippen LogP contribution in [0.4, 0.5) is 4.39 Å². The van der Waals surface area contributed by atoms with E-state index >= 15 is 0 Å². The van der Waals surface area contributed by atoms with Crippen molar-refractivity contribution in [2.45, 2.75) is 19.3 Å². The van der Waals surface area contributed by atoms with Gasteiger partial charge in [0.2, 0.25) is 0 Å². The minimum absolute atomic E-state index is 0.0664. The molecule has 0 atom stereocenters. The Morgan fingerprint density at radius 1 is 1.53 bits per heavy atom. The lowest BCUT2D eigenvalue weighted by molar-refractivity contribution is 0.0635. The molecule has 1 heterocycles. The Morgan fingerprint density at radius 2 is 2.27 bits per heavy atom. The number of hydrogen-bond acceptors (Lipinski definition) is 3. The van der Waals surface area contributed by atoms with E-state index in [1.165, 1.54) is 12.3 Å². The summed E-state index contributed by atoms with van der Waals surface area (Å²) in [5.74, 6) is -0.546. The van der Waals surface area contributed by atoms with Gasteiger partial charge >= 0.3 is 0 Å². The monoisotopic (exact) mass is 208 g/mol. The zero-order valence-electron chi connectivity index (χ0n) is 8.37. The highest BCUT2D eigenvalue weighted by Crippen LogP contribution is 2.42. The molecule has 0 aliphatic heterocycles. The lowest BCUT2D eigenvalue weighted by atomic mass is 9.65. The lowest BCUT2D eigenvalue weighted by Crippen LogP contribution is -2.44. The van der Waals surface area contributed by atoms with Crippen LogP contribution in [0.1, 0.15) is 29.6 Å². The van der Waals surface area contributed by atoms with Crippen molar-refractivity contribution in [3.63, 3.8) is 0 Å². The second-order valence-electron chi connectivity index (χ2n) is 4.06. The van der Waals surface area contributed by atoms with Crippen molar-refractivity contribution in [3.05, 3.63) is 29.8 Å². The standard InChI is InChI=1S/C11H13FN2O/c12-9-4-8(5-14-6-9)10(15)11(7-13)2-1-3-11/h4-6H,1-3,7,13H2. The second kappa shape index (κ2) is 3.70. The van der Waals surface area contributed by atoms with Crippen LogP contribution in [0.25, 0.3) is 0 Å². The van der Waals surface area contributed by atoms with Crippen LogP contribution in [0, 0.1) is 11.2 Å². The Kier molecular flexibility index (Phi) is 2.52. The summed E-state index contributed by atoms with van der Waals surface area (Å²) >= 11 is 0. The average molecular weight is 208 g/mol. The highest BCUT2D eigenvalue weighted by molar-refractivity contribution is 6.01. The number of halogens is 1. The Hall–Kier alpha value is -1.29. The summed E-state index contributed by atoms with van der Waals surface area (Å²) in [6.45, 7) is 0.336. The molecule has 1 aromatic heterocycles. The van der Waals surface area contributed by atoms with Gasteiger partial charge in [0.25, 0.3) is 0 Å². The fourth-order valence-corrected chi connectivity index (χ4v) is 1.97. The van der Waals surface area contributed by atoms with Gasteiger partial charge in [-0.1, -0.05) is 6.42 Å². The maximum absolute atomic E-state index is 12.9. The van der Waals surface area contributed by atoms with Crippen LogP contribution in [0.15, 0.2) is 18.5 Å². The zero-order chi connectivity index (χ0) is 10.9. The van der Waals surface area contributed by atoms with E-state index in [1.807, 2.05) is 0 Å². The number of nitrogens with zero attached hydrogens (tertiary/aromatic N) is 1. The Labute approximate surface area is 87.5 Å². The SMILES string of the molecule is NCC1(C(=O)c2cncc(F)c2)CCC1. The minimum atomic E-state index is -0.479. The molecule has 15 heavy (non-hydrogen) atoms. The molecule has 80 valence electrons. The molecule has 0 saturated heterocycles. The van der Waals surface area contributed by atoms with Gasteiger partial charge in [0.1, 0.15) is 5.82 Å². The fourth-order valence-electron chi connectivity index (χ4n) is 1.97. The number of carbonyl (C=O) groups excluding carboxylic acids is 1. The minimum Gasteiger partial charge on any atom is -0.329 e. The van der Waals surface area contributed by atoms with Gasteiger partial charge in [-0.25, -0.2) is 4.39 Å². The maximum atomic E-state index is 12.9. The molecule has 1 aromatic rings.